The van der Waals surface area contributed by atoms with Crippen molar-refractivity contribution in [1.29, 1.82) is 0 Å². The number of aromatic amines is 1. The lowest BCUT2D eigenvalue weighted by Crippen LogP contribution is -2.09. The summed E-state index contributed by atoms with van der Waals surface area (Å²) in [5.74, 6) is 1.65. The number of aromatic nitrogens is 1. The summed E-state index contributed by atoms with van der Waals surface area (Å²) in [6, 6.07) is 9.64. The number of carboxylic acids is 1. The molecule has 0 aliphatic heterocycles. The van der Waals surface area contributed by atoms with Crippen LogP contribution in [-0.2, 0) is 11.2 Å². The predicted molar refractivity (Wildman–Crippen MR) is 106 cm³/mol. The summed E-state index contributed by atoms with van der Waals surface area (Å²) in [4.78, 5) is 14.0. The van der Waals surface area contributed by atoms with Crippen LogP contribution in [0.4, 0.5) is 0 Å². The molecule has 5 heteroatoms. The van der Waals surface area contributed by atoms with Gasteiger partial charge in [-0.05, 0) is 73.2 Å². The Morgan fingerprint density at radius 1 is 1.11 bits per heavy atom. The Morgan fingerprint density at radius 3 is 2.44 bits per heavy atom. The van der Waals surface area contributed by atoms with Crippen LogP contribution in [0.1, 0.15) is 30.5 Å². The van der Waals surface area contributed by atoms with E-state index in [2.05, 4.69) is 31.1 Å². The van der Waals surface area contributed by atoms with Gasteiger partial charge < -0.3 is 19.6 Å². The average molecular weight is 367 g/mol. The highest BCUT2D eigenvalue weighted by Crippen LogP contribution is 2.34. The van der Waals surface area contributed by atoms with Gasteiger partial charge in [-0.15, -0.1) is 0 Å². The lowest BCUT2D eigenvalue weighted by molar-refractivity contribution is -0.139. The zero-order chi connectivity index (χ0) is 19.6. The average Bonchev–Trinajstić information content (AvgIpc) is 2.98. The summed E-state index contributed by atoms with van der Waals surface area (Å²) in [6.07, 6.45) is 3.08. The molecule has 2 aromatic carbocycles. The topological polar surface area (TPSA) is 71.6 Å². The highest BCUT2D eigenvalue weighted by molar-refractivity contribution is 5.84. The van der Waals surface area contributed by atoms with E-state index in [0.717, 1.165) is 34.6 Å². The van der Waals surface area contributed by atoms with Crippen LogP contribution in [0.3, 0.4) is 0 Å². The number of aryl methyl sites for hydroxylation is 2. The second kappa shape index (κ2) is 7.74. The van der Waals surface area contributed by atoms with Crippen LogP contribution in [-0.4, -0.2) is 22.7 Å². The number of hydrogen-bond acceptors (Lipinski definition) is 3. The van der Waals surface area contributed by atoms with Crippen LogP contribution >= 0.6 is 0 Å². The first-order valence-electron chi connectivity index (χ1n) is 9.07. The maximum absolute atomic E-state index is 10.7. The molecule has 0 atom stereocenters. The van der Waals surface area contributed by atoms with E-state index in [9.17, 15) is 4.79 Å². The lowest BCUT2D eigenvalue weighted by Gasteiger charge is -2.14. The van der Waals surface area contributed by atoms with Gasteiger partial charge in [-0.1, -0.05) is 13.8 Å². The number of fused-ring (bicyclic) bond motifs is 1. The van der Waals surface area contributed by atoms with Crippen LogP contribution in [0.5, 0.6) is 17.2 Å². The van der Waals surface area contributed by atoms with Crippen molar-refractivity contribution in [2.75, 3.05) is 6.61 Å². The fraction of sp³-hybridized carbons (Fsp3) is 0.318. The zero-order valence-electron chi connectivity index (χ0n) is 16.1. The number of ether oxygens (including phenoxy) is 2. The van der Waals surface area contributed by atoms with Crippen molar-refractivity contribution in [3.63, 3.8) is 0 Å². The molecule has 0 unspecified atom stereocenters. The Labute approximate surface area is 158 Å². The van der Waals surface area contributed by atoms with E-state index < -0.39 is 5.97 Å². The molecule has 0 amide bonds. The van der Waals surface area contributed by atoms with E-state index in [-0.39, 0.29) is 6.61 Å². The first-order valence-corrected chi connectivity index (χ1v) is 9.07. The second-order valence-electron chi connectivity index (χ2n) is 7.29. The van der Waals surface area contributed by atoms with Gasteiger partial charge in [-0.25, -0.2) is 4.79 Å². The Hall–Kier alpha value is -2.95. The summed E-state index contributed by atoms with van der Waals surface area (Å²) in [5.41, 5.74) is 4.18. The number of aliphatic carboxylic acids is 1. The Bertz CT molecular complexity index is 949. The molecule has 0 saturated heterocycles. The third-order valence-electron chi connectivity index (χ3n) is 4.38. The van der Waals surface area contributed by atoms with E-state index in [4.69, 9.17) is 14.6 Å². The molecule has 3 rings (SSSR count). The minimum absolute atomic E-state index is 0.359. The predicted octanol–water partition coefficient (Wildman–Crippen LogP) is 5.24. The molecule has 142 valence electrons. The highest BCUT2D eigenvalue weighted by Gasteiger charge is 2.12. The Kier molecular flexibility index (Phi) is 5.40. The summed E-state index contributed by atoms with van der Waals surface area (Å²) >= 11 is 0. The number of carbonyl (C=O) groups is 1. The van der Waals surface area contributed by atoms with E-state index in [0.29, 0.717) is 11.7 Å². The number of rotatable bonds is 7. The van der Waals surface area contributed by atoms with Crippen LogP contribution in [0.15, 0.2) is 36.5 Å². The van der Waals surface area contributed by atoms with Crippen LogP contribution in [0.25, 0.3) is 10.9 Å². The highest BCUT2D eigenvalue weighted by atomic mass is 16.5. The first kappa shape index (κ1) is 18.8. The summed E-state index contributed by atoms with van der Waals surface area (Å²) in [6.45, 7) is 7.91. The molecule has 2 N–H and O–H groups in total. The van der Waals surface area contributed by atoms with Gasteiger partial charge in [0.1, 0.15) is 17.2 Å². The molecule has 27 heavy (non-hydrogen) atoms. The molecule has 0 spiro atoms. The SMILES string of the molecule is Cc1cc(OCC(=O)O)cc(C)c1Oc1ccc2[nH]cc(CC(C)C)c2c1. The van der Waals surface area contributed by atoms with Crippen molar-refractivity contribution >= 4 is 16.9 Å². The summed E-state index contributed by atoms with van der Waals surface area (Å²) < 4.78 is 11.4. The molecule has 0 radical (unpaired) electrons. The fourth-order valence-electron chi connectivity index (χ4n) is 3.25. The van der Waals surface area contributed by atoms with Crippen molar-refractivity contribution in [2.24, 2.45) is 5.92 Å². The largest absolute Gasteiger partial charge is 0.482 e. The quantitative estimate of drug-likeness (QED) is 0.599. The molecule has 3 aromatic rings. The monoisotopic (exact) mass is 367 g/mol. The van der Waals surface area contributed by atoms with Gasteiger partial charge in [0.25, 0.3) is 0 Å². The molecule has 0 bridgehead atoms. The number of carboxylic acid groups (broad SMARTS) is 1. The Balaban J connectivity index is 1.87. The normalized spacial score (nSPS) is 11.1. The van der Waals surface area contributed by atoms with Gasteiger partial charge in [0.2, 0.25) is 0 Å². The van der Waals surface area contributed by atoms with Crippen LogP contribution in [0, 0.1) is 19.8 Å². The maximum Gasteiger partial charge on any atom is 0.341 e. The van der Waals surface area contributed by atoms with Crippen molar-refractivity contribution in [2.45, 2.75) is 34.1 Å². The van der Waals surface area contributed by atoms with Crippen molar-refractivity contribution < 1.29 is 19.4 Å². The number of H-pyrrole nitrogens is 1. The van der Waals surface area contributed by atoms with Crippen LogP contribution in [0.2, 0.25) is 0 Å². The molecule has 0 fully saturated rings. The zero-order valence-corrected chi connectivity index (χ0v) is 16.1. The molecule has 1 heterocycles. The lowest BCUT2D eigenvalue weighted by atomic mass is 10.0. The fourth-order valence-corrected chi connectivity index (χ4v) is 3.25. The van der Waals surface area contributed by atoms with Gasteiger partial charge in [0.15, 0.2) is 6.61 Å². The molecular formula is C22H25NO4. The molecule has 5 nitrogen and oxygen atoms in total. The minimum Gasteiger partial charge on any atom is -0.482 e. The molecule has 0 aliphatic carbocycles. The number of benzene rings is 2. The van der Waals surface area contributed by atoms with E-state index >= 15 is 0 Å². The molecule has 0 saturated carbocycles. The number of hydrogen-bond donors (Lipinski definition) is 2. The maximum atomic E-state index is 10.7. The molecule has 1 aromatic heterocycles. The van der Waals surface area contributed by atoms with Crippen LogP contribution < -0.4 is 9.47 Å². The van der Waals surface area contributed by atoms with E-state index in [1.165, 1.54) is 10.9 Å². The van der Waals surface area contributed by atoms with Gasteiger partial charge in [-0.2, -0.15) is 0 Å². The van der Waals surface area contributed by atoms with Crippen molar-refractivity contribution in [3.05, 3.63) is 53.2 Å². The third kappa shape index (κ3) is 4.42. The van der Waals surface area contributed by atoms with Crippen molar-refractivity contribution in [3.8, 4) is 17.2 Å². The smallest absolute Gasteiger partial charge is 0.341 e. The third-order valence-corrected chi connectivity index (χ3v) is 4.38. The first-order chi connectivity index (χ1) is 12.8. The molecule has 0 aliphatic rings. The van der Waals surface area contributed by atoms with Gasteiger partial charge in [-0.3, -0.25) is 0 Å². The van der Waals surface area contributed by atoms with Gasteiger partial charge in [0, 0.05) is 17.1 Å². The Morgan fingerprint density at radius 2 is 1.81 bits per heavy atom. The van der Waals surface area contributed by atoms with Gasteiger partial charge >= 0.3 is 5.97 Å². The molecular weight excluding hydrogens is 342 g/mol. The van der Waals surface area contributed by atoms with Crippen molar-refractivity contribution in [1.82, 2.24) is 4.98 Å². The summed E-state index contributed by atoms with van der Waals surface area (Å²) in [7, 11) is 0. The second-order valence-corrected chi connectivity index (χ2v) is 7.29. The number of nitrogens with one attached hydrogen (secondary N) is 1. The van der Waals surface area contributed by atoms with E-state index in [1.54, 1.807) is 12.1 Å². The standard InChI is InChI=1S/C22H25NO4/c1-13(2)7-16-11-23-20-6-5-17(10-19(16)20)27-22-14(3)8-18(9-15(22)4)26-12-21(24)25/h5-6,8-11,13,23H,7,12H2,1-4H3,(H,24,25). The minimum atomic E-state index is -0.998. The van der Waals surface area contributed by atoms with Gasteiger partial charge in [0.05, 0.1) is 0 Å². The van der Waals surface area contributed by atoms with E-state index in [1.807, 2.05) is 26.0 Å². The summed E-state index contributed by atoms with van der Waals surface area (Å²) in [5, 5.41) is 9.93.